The Morgan fingerprint density at radius 3 is 1.85 bits per heavy atom. The van der Waals surface area contributed by atoms with Crippen molar-refractivity contribution in [3.8, 4) is 22.4 Å². The fraction of sp³-hybridized carbons (Fsp3) is 0.0769. The Hall–Kier alpha value is -5.30. The number of aromatic nitrogens is 1. The largest absolute Gasteiger partial charge is 0.325 e. The summed E-state index contributed by atoms with van der Waals surface area (Å²) in [6.07, 6.45) is 0. The van der Waals surface area contributed by atoms with Gasteiger partial charge in [-0.25, -0.2) is 4.39 Å². The molecule has 6 aromatic rings. The molecule has 0 aliphatic rings. The summed E-state index contributed by atoms with van der Waals surface area (Å²) < 4.78 is 17.2. The van der Waals surface area contributed by atoms with Gasteiger partial charge in [-0.1, -0.05) is 115 Å². The zero-order valence-electron chi connectivity index (χ0n) is 24.9. The van der Waals surface area contributed by atoms with Crippen molar-refractivity contribution in [3.05, 3.63) is 185 Å². The molecule has 0 aliphatic carbocycles. The predicted molar refractivity (Wildman–Crippen MR) is 186 cm³/mol. The van der Waals surface area contributed by atoms with Gasteiger partial charge in [0, 0.05) is 23.2 Å². The monoisotopic (exact) mass is 629 g/mol. The lowest BCUT2D eigenvalue weighted by molar-refractivity contribution is -0.117. The van der Waals surface area contributed by atoms with Crippen molar-refractivity contribution in [2.45, 2.75) is 18.5 Å². The molecule has 230 valence electrons. The second-order valence-corrected chi connectivity index (χ2v) is 10.9. The average molecular weight is 630 g/mol. The van der Waals surface area contributed by atoms with E-state index in [9.17, 15) is 9.59 Å². The van der Waals surface area contributed by atoms with Crippen LogP contribution in [0.25, 0.3) is 22.4 Å². The number of anilines is 1. The third-order valence-corrected chi connectivity index (χ3v) is 7.94. The van der Waals surface area contributed by atoms with Crippen molar-refractivity contribution in [3.63, 3.8) is 0 Å². The minimum atomic E-state index is -0.826. The minimum Gasteiger partial charge on any atom is -0.325 e. The van der Waals surface area contributed by atoms with E-state index in [2.05, 4.69) is 5.32 Å². The third kappa shape index (κ3) is 7.15. The average Bonchev–Trinajstić information content (AvgIpc) is 3.08. The highest BCUT2D eigenvalue weighted by Gasteiger charge is 2.27. The van der Waals surface area contributed by atoms with Crippen LogP contribution in [-0.2, 0) is 11.3 Å². The Morgan fingerprint density at radius 1 is 0.696 bits per heavy atom. The minimum absolute atomic E-state index is 0. The summed E-state index contributed by atoms with van der Waals surface area (Å²) in [5.74, 6) is -1.06. The van der Waals surface area contributed by atoms with Crippen LogP contribution < -0.4 is 16.6 Å². The first-order chi connectivity index (χ1) is 22.0. The summed E-state index contributed by atoms with van der Waals surface area (Å²) in [4.78, 5) is 26.1. The predicted octanol–water partition coefficient (Wildman–Crippen LogP) is 7.89. The van der Waals surface area contributed by atoms with Crippen molar-refractivity contribution < 1.29 is 9.18 Å². The summed E-state index contributed by atoms with van der Waals surface area (Å²) >= 11 is 0. The summed E-state index contributed by atoms with van der Waals surface area (Å²) in [5.41, 5.74) is 12.1. The highest BCUT2D eigenvalue weighted by Crippen LogP contribution is 2.30. The van der Waals surface area contributed by atoms with Crippen LogP contribution in [0, 0.1) is 5.82 Å². The molecule has 1 atom stereocenters. The molecule has 6 rings (SSSR count). The number of hydrogen-bond acceptors (Lipinski definition) is 3. The van der Waals surface area contributed by atoms with Crippen molar-refractivity contribution in [2.24, 2.45) is 5.73 Å². The maximum absolute atomic E-state index is 15.6. The van der Waals surface area contributed by atoms with E-state index in [1.54, 1.807) is 34.9 Å². The van der Waals surface area contributed by atoms with Crippen LogP contribution >= 0.6 is 12.4 Å². The van der Waals surface area contributed by atoms with E-state index < -0.39 is 11.9 Å². The van der Waals surface area contributed by atoms with Gasteiger partial charge in [0.25, 0.3) is 5.56 Å². The van der Waals surface area contributed by atoms with Crippen LogP contribution in [0.1, 0.15) is 22.6 Å². The van der Waals surface area contributed by atoms with Crippen LogP contribution in [0.3, 0.4) is 0 Å². The Morgan fingerprint density at radius 2 is 1.26 bits per heavy atom. The molecule has 0 saturated heterocycles. The van der Waals surface area contributed by atoms with Crippen molar-refractivity contribution in [2.75, 3.05) is 5.32 Å². The summed E-state index contributed by atoms with van der Waals surface area (Å²) in [6.45, 7) is 0.339. The number of halogens is 2. The van der Waals surface area contributed by atoms with Crippen molar-refractivity contribution >= 4 is 24.0 Å². The van der Waals surface area contributed by atoms with E-state index >= 15 is 4.39 Å². The summed E-state index contributed by atoms with van der Waals surface area (Å²) in [6, 6.07) is 45.4. The highest BCUT2D eigenvalue weighted by atomic mass is 35.5. The number of rotatable bonds is 9. The number of nitrogens with zero attached hydrogens (tertiary/aromatic N) is 1. The Balaban J connectivity index is 0.00000417. The van der Waals surface area contributed by atoms with Crippen molar-refractivity contribution in [1.82, 2.24) is 4.57 Å². The zero-order valence-corrected chi connectivity index (χ0v) is 25.7. The molecule has 5 nitrogen and oxygen atoms in total. The summed E-state index contributed by atoms with van der Waals surface area (Å²) in [5, 5.41) is 2.94. The molecule has 1 aromatic heterocycles. The number of benzene rings is 5. The van der Waals surface area contributed by atoms with Crippen molar-refractivity contribution in [1.29, 1.82) is 0 Å². The molecule has 7 heteroatoms. The van der Waals surface area contributed by atoms with E-state index in [0.717, 1.165) is 22.3 Å². The second-order valence-electron chi connectivity index (χ2n) is 10.9. The molecular weight excluding hydrogens is 597 g/mol. The van der Waals surface area contributed by atoms with Crippen LogP contribution in [0.15, 0.2) is 156 Å². The Labute approximate surface area is 273 Å². The topological polar surface area (TPSA) is 77.1 Å². The normalized spacial score (nSPS) is 11.5. The molecule has 0 bridgehead atoms. The van der Waals surface area contributed by atoms with E-state index in [1.165, 1.54) is 12.1 Å². The molecule has 46 heavy (non-hydrogen) atoms. The first kappa shape index (κ1) is 32.1. The molecule has 0 aliphatic heterocycles. The molecule has 0 spiro atoms. The van der Waals surface area contributed by atoms with Crippen LogP contribution in [0.2, 0.25) is 0 Å². The Kier molecular flexibility index (Phi) is 10.2. The summed E-state index contributed by atoms with van der Waals surface area (Å²) in [7, 11) is 0. The maximum atomic E-state index is 15.6. The third-order valence-electron chi connectivity index (χ3n) is 7.94. The van der Waals surface area contributed by atoms with Crippen LogP contribution in [0.4, 0.5) is 10.1 Å². The second kappa shape index (κ2) is 14.7. The fourth-order valence-corrected chi connectivity index (χ4v) is 5.64. The van der Waals surface area contributed by atoms with E-state index in [0.29, 0.717) is 29.1 Å². The van der Waals surface area contributed by atoms with Gasteiger partial charge in [-0.05, 0) is 58.1 Å². The van der Waals surface area contributed by atoms with E-state index in [-0.39, 0.29) is 29.8 Å². The SMILES string of the molecule is Cl.N[C@H](C(=O)Nc1ccc(-c2ccc(-c3cccc(=O)n3Cc3ccccc3)c(F)c2)cc1)C(c1ccccc1)c1ccccc1. The zero-order chi connectivity index (χ0) is 31.2. The molecule has 3 N–H and O–H groups in total. The van der Waals surface area contributed by atoms with Gasteiger partial charge in [0.15, 0.2) is 0 Å². The van der Waals surface area contributed by atoms with Gasteiger partial charge in [-0.3, -0.25) is 9.59 Å². The quantitative estimate of drug-likeness (QED) is 0.171. The first-order valence-electron chi connectivity index (χ1n) is 14.8. The standard InChI is InChI=1S/C39H32FN3O2.ClH/c40-34-25-31(21-24-33(34)35-17-10-18-36(44)43(35)26-27-11-4-1-5-12-27)28-19-22-32(23-20-28)42-39(45)38(41)37(29-13-6-2-7-14-29)30-15-8-3-9-16-30;/h1-25,37-38H,26,41H2,(H,42,45);1H/t38-;/m0./s1. The van der Waals surface area contributed by atoms with Gasteiger partial charge in [0.05, 0.1) is 18.3 Å². The number of nitrogens with two attached hydrogens (primary N) is 1. The smallest absolute Gasteiger partial charge is 0.251 e. The number of amides is 1. The molecule has 1 heterocycles. The van der Waals surface area contributed by atoms with Crippen LogP contribution in [0.5, 0.6) is 0 Å². The van der Waals surface area contributed by atoms with Gasteiger partial charge in [-0.15, -0.1) is 12.4 Å². The lowest BCUT2D eigenvalue weighted by Crippen LogP contribution is -2.41. The number of hydrogen-bond donors (Lipinski definition) is 2. The lowest BCUT2D eigenvalue weighted by Gasteiger charge is -2.24. The van der Waals surface area contributed by atoms with Gasteiger partial charge in [0.2, 0.25) is 5.91 Å². The van der Waals surface area contributed by atoms with Crippen LogP contribution in [-0.4, -0.2) is 16.5 Å². The van der Waals surface area contributed by atoms with Gasteiger partial charge < -0.3 is 15.6 Å². The molecular formula is C39H33ClFN3O2. The molecule has 0 unspecified atom stereocenters. The van der Waals surface area contributed by atoms with Gasteiger partial charge in [-0.2, -0.15) is 0 Å². The van der Waals surface area contributed by atoms with Gasteiger partial charge >= 0.3 is 0 Å². The Bertz CT molecular complexity index is 1930. The molecule has 0 saturated carbocycles. The molecule has 1 amide bonds. The highest BCUT2D eigenvalue weighted by molar-refractivity contribution is 5.96. The fourth-order valence-electron chi connectivity index (χ4n) is 5.64. The number of carbonyl (C=O) groups is 1. The maximum Gasteiger partial charge on any atom is 0.251 e. The first-order valence-corrected chi connectivity index (χ1v) is 14.8. The number of nitrogens with one attached hydrogen (secondary N) is 1. The number of carbonyl (C=O) groups excluding carboxylic acids is 1. The lowest BCUT2D eigenvalue weighted by atomic mass is 9.85. The van der Waals surface area contributed by atoms with Gasteiger partial charge in [0.1, 0.15) is 5.82 Å². The number of pyridine rings is 1. The molecule has 0 radical (unpaired) electrons. The molecule has 0 fully saturated rings. The molecule has 5 aromatic carbocycles. The van der Waals surface area contributed by atoms with E-state index in [4.69, 9.17) is 5.73 Å². The van der Waals surface area contributed by atoms with E-state index in [1.807, 2.05) is 109 Å².